The smallest absolute Gasteiger partial charge is 0.303 e. The number of carboxylic acids is 1. The maximum absolute atomic E-state index is 12.8. The first-order valence-electron chi connectivity index (χ1n) is 12.3. The van der Waals surface area contributed by atoms with Crippen LogP contribution in [0.1, 0.15) is 19.3 Å². The lowest BCUT2D eigenvalue weighted by Crippen LogP contribution is -2.49. The first-order chi connectivity index (χ1) is 16.6. The van der Waals surface area contributed by atoms with Crippen LogP contribution in [-0.4, -0.2) is 79.2 Å². The monoisotopic (exact) mass is 465 g/mol. The van der Waals surface area contributed by atoms with Gasteiger partial charge in [-0.1, -0.05) is 36.4 Å². The van der Waals surface area contributed by atoms with Gasteiger partial charge in [0.1, 0.15) is 5.75 Å². The molecule has 2 heterocycles. The van der Waals surface area contributed by atoms with E-state index in [9.17, 15) is 14.7 Å². The van der Waals surface area contributed by atoms with Crippen LogP contribution in [0.4, 0.5) is 5.69 Å². The Labute approximate surface area is 201 Å². The van der Waals surface area contributed by atoms with E-state index in [1.807, 2.05) is 41.3 Å². The highest BCUT2D eigenvalue weighted by Gasteiger charge is 2.33. The van der Waals surface area contributed by atoms with Crippen molar-refractivity contribution in [2.75, 3.05) is 57.3 Å². The summed E-state index contributed by atoms with van der Waals surface area (Å²) in [6, 6.07) is 19.9. The lowest BCUT2D eigenvalue weighted by Gasteiger charge is -2.40. The maximum atomic E-state index is 12.8. The molecule has 2 aliphatic rings. The largest absolute Gasteiger partial charge is 0.484 e. The molecule has 7 heteroatoms. The van der Waals surface area contributed by atoms with E-state index < -0.39 is 5.97 Å². The minimum Gasteiger partial charge on any atom is -0.484 e. The third-order valence-electron chi connectivity index (χ3n) is 7.10. The molecule has 2 atom stereocenters. The van der Waals surface area contributed by atoms with E-state index >= 15 is 0 Å². The standard InChI is InChI=1S/C27H35N3O4/c31-26(21-34-25-9-5-2-6-10-25)30-14-12-22(19-27(32)33)23(20-30)11-13-28-15-17-29(18-16-28)24-7-3-1-4-8-24/h1-10,22-23H,11-21H2,(H,32,33)/t22-,23+/m0/s1. The van der Waals surface area contributed by atoms with E-state index in [1.165, 1.54) is 5.69 Å². The highest BCUT2D eigenvalue weighted by Crippen LogP contribution is 2.30. The molecular weight excluding hydrogens is 430 g/mol. The van der Waals surface area contributed by atoms with Gasteiger partial charge in [-0.05, 0) is 55.5 Å². The van der Waals surface area contributed by atoms with Crippen LogP contribution in [0.3, 0.4) is 0 Å². The minimum atomic E-state index is -0.751. The maximum Gasteiger partial charge on any atom is 0.303 e. The number of hydrogen-bond acceptors (Lipinski definition) is 5. The summed E-state index contributed by atoms with van der Waals surface area (Å²) >= 11 is 0. The summed E-state index contributed by atoms with van der Waals surface area (Å²) in [7, 11) is 0. The van der Waals surface area contributed by atoms with Crippen molar-refractivity contribution in [1.29, 1.82) is 0 Å². The summed E-state index contributed by atoms with van der Waals surface area (Å²) in [5.74, 6) is 0.209. The number of carboxylic acid groups (broad SMARTS) is 1. The summed E-state index contributed by atoms with van der Waals surface area (Å²) < 4.78 is 5.65. The average molecular weight is 466 g/mol. The molecule has 4 rings (SSSR count). The van der Waals surface area contributed by atoms with Gasteiger partial charge in [-0.2, -0.15) is 0 Å². The molecule has 0 aliphatic carbocycles. The van der Waals surface area contributed by atoms with Gasteiger partial charge in [0, 0.05) is 51.4 Å². The Bertz CT molecular complexity index is 916. The van der Waals surface area contributed by atoms with Crippen molar-refractivity contribution in [2.45, 2.75) is 19.3 Å². The Morgan fingerprint density at radius 1 is 0.882 bits per heavy atom. The molecule has 0 radical (unpaired) electrons. The Morgan fingerprint density at radius 3 is 2.24 bits per heavy atom. The summed E-state index contributed by atoms with van der Waals surface area (Å²) in [4.78, 5) is 31.0. The van der Waals surface area contributed by atoms with Crippen LogP contribution in [0.2, 0.25) is 0 Å². The molecule has 2 saturated heterocycles. The first-order valence-corrected chi connectivity index (χ1v) is 12.3. The molecule has 1 N–H and O–H groups in total. The molecule has 182 valence electrons. The van der Waals surface area contributed by atoms with Crippen molar-refractivity contribution < 1.29 is 19.4 Å². The van der Waals surface area contributed by atoms with Gasteiger partial charge in [0.05, 0.1) is 0 Å². The lowest BCUT2D eigenvalue weighted by molar-refractivity contribution is -0.140. The number of anilines is 1. The highest BCUT2D eigenvalue weighted by atomic mass is 16.5. The fourth-order valence-electron chi connectivity index (χ4n) is 5.10. The molecule has 7 nitrogen and oxygen atoms in total. The Balaban J connectivity index is 1.27. The number of nitrogens with zero attached hydrogens (tertiary/aromatic N) is 3. The molecule has 0 unspecified atom stereocenters. The molecule has 0 saturated carbocycles. The molecule has 0 bridgehead atoms. The van der Waals surface area contributed by atoms with Gasteiger partial charge < -0.3 is 19.6 Å². The second-order valence-corrected chi connectivity index (χ2v) is 9.30. The molecule has 1 amide bonds. The number of amides is 1. The molecule has 0 aromatic heterocycles. The second kappa shape index (κ2) is 11.9. The third kappa shape index (κ3) is 6.73. The van der Waals surface area contributed by atoms with Gasteiger partial charge in [0.2, 0.25) is 0 Å². The van der Waals surface area contributed by atoms with Gasteiger partial charge in [-0.25, -0.2) is 0 Å². The van der Waals surface area contributed by atoms with Crippen molar-refractivity contribution in [3.8, 4) is 5.75 Å². The van der Waals surface area contributed by atoms with Crippen LogP contribution in [-0.2, 0) is 9.59 Å². The summed E-state index contributed by atoms with van der Waals surface area (Å²) in [6.07, 6.45) is 1.82. The number of benzene rings is 2. The number of hydrogen-bond donors (Lipinski definition) is 1. The third-order valence-corrected chi connectivity index (χ3v) is 7.10. The first kappa shape index (κ1) is 24.1. The van der Waals surface area contributed by atoms with Crippen LogP contribution in [0.15, 0.2) is 60.7 Å². The zero-order valence-electron chi connectivity index (χ0n) is 19.7. The number of rotatable bonds is 9. The topological polar surface area (TPSA) is 73.3 Å². The predicted octanol–water partition coefficient (Wildman–Crippen LogP) is 3.22. The van der Waals surface area contributed by atoms with Crippen molar-refractivity contribution in [3.63, 3.8) is 0 Å². The molecule has 34 heavy (non-hydrogen) atoms. The van der Waals surface area contributed by atoms with E-state index in [4.69, 9.17) is 4.74 Å². The Hall–Kier alpha value is -3.06. The van der Waals surface area contributed by atoms with E-state index in [0.29, 0.717) is 18.8 Å². The normalized spacial score (nSPS) is 21.3. The minimum absolute atomic E-state index is 0.0157. The van der Waals surface area contributed by atoms with Gasteiger partial charge in [0.25, 0.3) is 5.91 Å². The van der Waals surface area contributed by atoms with E-state index in [0.717, 1.165) is 45.6 Å². The molecule has 2 fully saturated rings. The molecular formula is C27H35N3O4. The highest BCUT2D eigenvalue weighted by molar-refractivity contribution is 5.78. The van der Waals surface area contributed by atoms with Crippen molar-refractivity contribution in [1.82, 2.24) is 9.80 Å². The summed E-state index contributed by atoms with van der Waals surface area (Å²) in [5.41, 5.74) is 1.27. The van der Waals surface area contributed by atoms with Crippen molar-refractivity contribution in [2.24, 2.45) is 11.8 Å². The number of ether oxygens (including phenoxy) is 1. The number of piperazine rings is 1. The van der Waals surface area contributed by atoms with Crippen LogP contribution in [0.5, 0.6) is 5.75 Å². The summed E-state index contributed by atoms with van der Waals surface area (Å²) in [5, 5.41) is 9.41. The van der Waals surface area contributed by atoms with Crippen molar-refractivity contribution >= 4 is 17.6 Å². The predicted molar refractivity (Wildman–Crippen MR) is 132 cm³/mol. The Morgan fingerprint density at radius 2 is 1.56 bits per heavy atom. The van der Waals surface area contributed by atoms with Crippen LogP contribution in [0, 0.1) is 11.8 Å². The number of aliphatic carboxylic acids is 1. The number of para-hydroxylation sites is 2. The Kier molecular flexibility index (Phi) is 8.41. The van der Waals surface area contributed by atoms with E-state index in [2.05, 4.69) is 34.1 Å². The van der Waals surface area contributed by atoms with Gasteiger partial charge in [-0.3, -0.25) is 14.5 Å². The number of carbonyl (C=O) groups is 2. The number of likely N-dealkylation sites (tertiary alicyclic amines) is 1. The van der Waals surface area contributed by atoms with Gasteiger partial charge in [0.15, 0.2) is 6.61 Å². The zero-order chi connectivity index (χ0) is 23.8. The number of piperidine rings is 1. The fraction of sp³-hybridized carbons (Fsp3) is 0.481. The SMILES string of the molecule is O=C(O)C[C@@H]1CCN(C(=O)COc2ccccc2)C[C@H]1CCN1CCN(c2ccccc2)CC1. The average Bonchev–Trinajstić information content (AvgIpc) is 2.88. The van der Waals surface area contributed by atoms with Crippen molar-refractivity contribution in [3.05, 3.63) is 60.7 Å². The lowest BCUT2D eigenvalue weighted by atomic mass is 9.81. The molecule has 2 aromatic carbocycles. The zero-order valence-corrected chi connectivity index (χ0v) is 19.7. The molecule has 2 aromatic rings. The molecule has 2 aliphatic heterocycles. The molecule has 0 spiro atoms. The van der Waals surface area contributed by atoms with Gasteiger partial charge in [-0.15, -0.1) is 0 Å². The van der Waals surface area contributed by atoms with Crippen LogP contribution < -0.4 is 9.64 Å². The number of carbonyl (C=O) groups excluding carboxylic acids is 1. The summed E-state index contributed by atoms with van der Waals surface area (Å²) in [6.45, 7) is 6.15. The van der Waals surface area contributed by atoms with Crippen LogP contribution in [0.25, 0.3) is 0 Å². The van der Waals surface area contributed by atoms with E-state index in [-0.39, 0.29) is 30.8 Å². The van der Waals surface area contributed by atoms with Gasteiger partial charge >= 0.3 is 5.97 Å². The quantitative estimate of drug-likeness (QED) is 0.613. The van der Waals surface area contributed by atoms with E-state index in [1.54, 1.807) is 0 Å². The van der Waals surface area contributed by atoms with Crippen LogP contribution >= 0.6 is 0 Å². The fourth-order valence-corrected chi connectivity index (χ4v) is 5.10. The second-order valence-electron chi connectivity index (χ2n) is 9.30.